The number of aromatic nitrogens is 4. The molecule has 234 valence electrons. The standard InChI is InChI=1S/C45H28N4S/c1-3-13-29(14-4-1)30-25-27-32(28-26-30)43-46-44(38-22-12-21-37-35-18-8-10-24-40(35)50-42(37)38)48-45(47-43)49-39-23-9-7-17-34(39)36-20-11-19-33(41(36)49)31-15-5-2-6-16-31/h1-28H/i2D,5D,6D,7D,9D,15D,16D,17D,23D. The Labute approximate surface area is 305 Å². The van der Waals surface area contributed by atoms with Gasteiger partial charge in [-0.15, -0.1) is 11.3 Å². The Morgan fingerprint density at radius 1 is 0.460 bits per heavy atom. The van der Waals surface area contributed by atoms with Crippen molar-refractivity contribution in [2.24, 2.45) is 0 Å². The molecule has 4 nitrogen and oxygen atoms in total. The molecule has 3 heterocycles. The summed E-state index contributed by atoms with van der Waals surface area (Å²) in [4.78, 5) is 15.2. The predicted octanol–water partition coefficient (Wildman–Crippen LogP) is 12.0. The lowest BCUT2D eigenvalue weighted by Gasteiger charge is -2.13. The topological polar surface area (TPSA) is 43.6 Å². The monoisotopic (exact) mass is 665 g/mol. The van der Waals surface area contributed by atoms with Gasteiger partial charge in [0.25, 0.3) is 0 Å². The van der Waals surface area contributed by atoms with Crippen LogP contribution in [0, 0.1) is 0 Å². The number of thiophene rings is 1. The summed E-state index contributed by atoms with van der Waals surface area (Å²) < 4.78 is 82.5. The van der Waals surface area contributed by atoms with Crippen molar-refractivity contribution in [3.63, 3.8) is 0 Å². The van der Waals surface area contributed by atoms with Crippen LogP contribution in [0.2, 0.25) is 0 Å². The van der Waals surface area contributed by atoms with Crippen LogP contribution in [0.25, 0.3) is 93.0 Å². The largest absolute Gasteiger partial charge is 0.277 e. The third-order valence-electron chi connectivity index (χ3n) is 8.91. The van der Waals surface area contributed by atoms with Crippen molar-refractivity contribution in [1.82, 2.24) is 19.5 Å². The number of nitrogens with zero attached hydrogens (tertiary/aromatic N) is 4. The minimum Gasteiger partial charge on any atom is -0.277 e. The smallest absolute Gasteiger partial charge is 0.238 e. The molecular formula is C45H28N4S. The fourth-order valence-corrected chi connectivity index (χ4v) is 7.84. The molecule has 0 amide bonds. The van der Waals surface area contributed by atoms with E-state index in [4.69, 9.17) is 25.9 Å². The first-order valence-electron chi connectivity index (χ1n) is 20.5. The molecule has 0 unspecified atom stereocenters. The molecule has 0 spiro atoms. The molecule has 0 saturated carbocycles. The lowest BCUT2D eigenvalue weighted by molar-refractivity contribution is 0.955. The fraction of sp³-hybridized carbons (Fsp3) is 0. The molecule has 10 aromatic rings. The Morgan fingerprint density at radius 3 is 1.98 bits per heavy atom. The molecule has 10 rings (SSSR count). The summed E-state index contributed by atoms with van der Waals surface area (Å²) in [6.07, 6.45) is 0. The molecule has 0 N–H and O–H groups in total. The highest BCUT2D eigenvalue weighted by atomic mass is 32.1. The third-order valence-corrected chi connectivity index (χ3v) is 10.1. The average Bonchev–Trinajstić information content (AvgIpc) is 3.83. The minimum absolute atomic E-state index is 0.0140. The Bertz CT molecular complexity index is 3350. The Morgan fingerprint density at radius 2 is 1.12 bits per heavy atom. The Kier molecular flexibility index (Phi) is 4.84. The molecule has 0 fully saturated rings. The first-order chi connectivity index (χ1) is 28.5. The highest BCUT2D eigenvalue weighted by Gasteiger charge is 2.21. The van der Waals surface area contributed by atoms with E-state index in [-0.39, 0.29) is 45.6 Å². The summed E-state index contributed by atoms with van der Waals surface area (Å²) in [6, 6.07) is 32.7. The van der Waals surface area contributed by atoms with Crippen molar-refractivity contribution in [2.45, 2.75) is 0 Å². The zero-order chi connectivity index (χ0) is 40.9. The van der Waals surface area contributed by atoms with Gasteiger partial charge in [-0.25, -0.2) is 4.98 Å². The van der Waals surface area contributed by atoms with Gasteiger partial charge in [-0.3, -0.25) is 4.57 Å². The van der Waals surface area contributed by atoms with Gasteiger partial charge >= 0.3 is 0 Å². The van der Waals surface area contributed by atoms with E-state index in [1.165, 1.54) is 4.57 Å². The molecule has 3 aromatic heterocycles. The van der Waals surface area contributed by atoms with Crippen molar-refractivity contribution < 1.29 is 12.3 Å². The number of fused-ring (bicyclic) bond motifs is 6. The van der Waals surface area contributed by atoms with Crippen LogP contribution in [0.3, 0.4) is 0 Å². The van der Waals surface area contributed by atoms with E-state index in [0.717, 1.165) is 36.9 Å². The molecular weight excluding hydrogens is 629 g/mol. The summed E-state index contributed by atoms with van der Waals surface area (Å²) in [5.74, 6) is 0.615. The highest BCUT2D eigenvalue weighted by Crippen LogP contribution is 2.41. The van der Waals surface area contributed by atoms with E-state index in [0.29, 0.717) is 22.6 Å². The summed E-state index contributed by atoms with van der Waals surface area (Å²) in [7, 11) is 0. The molecule has 50 heavy (non-hydrogen) atoms. The highest BCUT2D eigenvalue weighted by molar-refractivity contribution is 7.26. The van der Waals surface area contributed by atoms with Crippen molar-refractivity contribution >= 4 is 53.3 Å². The first kappa shape index (κ1) is 20.8. The van der Waals surface area contributed by atoms with Crippen molar-refractivity contribution in [3.05, 3.63) is 170 Å². The molecule has 0 atom stereocenters. The number of hydrogen-bond donors (Lipinski definition) is 0. The van der Waals surface area contributed by atoms with Gasteiger partial charge in [0.1, 0.15) is 0 Å². The lowest BCUT2D eigenvalue weighted by atomic mass is 10.0. The second-order valence-corrected chi connectivity index (χ2v) is 12.8. The van der Waals surface area contributed by atoms with Crippen LogP contribution >= 0.6 is 11.3 Å². The molecule has 0 aliphatic carbocycles. The molecule has 0 aliphatic rings. The maximum absolute atomic E-state index is 9.27. The zero-order valence-electron chi connectivity index (χ0n) is 35.2. The number of para-hydroxylation sites is 2. The molecule has 5 heteroatoms. The SMILES string of the molecule is [2H]c1c([2H])c([2H])c(-c2cccc3c4c([2H])c([2H])c([2H])c([2H])c4n(-c4nc(-c5ccc(-c6ccccc6)cc5)nc(-c5cccc6c5sc5ccccc56)n4)c23)c([2H])c1[2H]. The molecule has 0 saturated heterocycles. The molecule has 0 bridgehead atoms. The van der Waals surface area contributed by atoms with E-state index in [1.54, 1.807) is 29.5 Å². The normalized spacial score (nSPS) is 14.1. The second-order valence-electron chi connectivity index (χ2n) is 11.8. The van der Waals surface area contributed by atoms with Crippen LogP contribution in [0.1, 0.15) is 12.3 Å². The Balaban J connectivity index is 1.34. The second kappa shape index (κ2) is 11.6. The van der Waals surface area contributed by atoms with Gasteiger partial charge in [-0.1, -0.05) is 151 Å². The number of hydrogen-bond acceptors (Lipinski definition) is 4. The van der Waals surface area contributed by atoms with Crippen LogP contribution in [-0.2, 0) is 0 Å². The summed E-state index contributed by atoms with van der Waals surface area (Å²) >= 11 is 1.61. The van der Waals surface area contributed by atoms with E-state index in [1.807, 2.05) is 78.9 Å². The summed E-state index contributed by atoms with van der Waals surface area (Å²) in [5, 5.41) is 2.64. The van der Waals surface area contributed by atoms with Gasteiger partial charge in [0.15, 0.2) is 11.6 Å². The van der Waals surface area contributed by atoms with Gasteiger partial charge in [0, 0.05) is 47.6 Å². The fourth-order valence-electron chi connectivity index (χ4n) is 6.63. The van der Waals surface area contributed by atoms with Crippen LogP contribution in [-0.4, -0.2) is 19.5 Å². The quantitative estimate of drug-likeness (QED) is 0.184. The van der Waals surface area contributed by atoms with Crippen molar-refractivity contribution in [1.29, 1.82) is 0 Å². The minimum atomic E-state index is -0.545. The molecule has 0 radical (unpaired) electrons. The van der Waals surface area contributed by atoms with Gasteiger partial charge in [0.05, 0.1) is 23.4 Å². The van der Waals surface area contributed by atoms with Crippen LogP contribution in [0.4, 0.5) is 0 Å². The van der Waals surface area contributed by atoms with Crippen molar-refractivity contribution in [2.75, 3.05) is 0 Å². The van der Waals surface area contributed by atoms with Gasteiger partial charge in [-0.2, -0.15) is 9.97 Å². The number of rotatable bonds is 5. The summed E-state index contributed by atoms with van der Waals surface area (Å²) in [5.41, 5.74) is 3.82. The van der Waals surface area contributed by atoms with Gasteiger partial charge < -0.3 is 0 Å². The van der Waals surface area contributed by atoms with Gasteiger partial charge in [0.2, 0.25) is 5.95 Å². The maximum atomic E-state index is 9.27. The van der Waals surface area contributed by atoms with E-state index < -0.39 is 42.3 Å². The van der Waals surface area contributed by atoms with Crippen LogP contribution < -0.4 is 0 Å². The van der Waals surface area contributed by atoms with E-state index >= 15 is 0 Å². The molecule has 7 aromatic carbocycles. The summed E-state index contributed by atoms with van der Waals surface area (Å²) in [6.45, 7) is 0. The van der Waals surface area contributed by atoms with Crippen LogP contribution in [0.5, 0.6) is 0 Å². The van der Waals surface area contributed by atoms with Gasteiger partial charge in [-0.05, 0) is 34.9 Å². The van der Waals surface area contributed by atoms with Crippen molar-refractivity contribution in [3.8, 4) is 51.0 Å². The third kappa shape index (κ3) is 4.63. The predicted molar refractivity (Wildman–Crippen MR) is 209 cm³/mol. The average molecular weight is 666 g/mol. The number of benzene rings is 7. The van der Waals surface area contributed by atoms with E-state index in [2.05, 4.69) is 18.2 Å². The molecule has 0 aliphatic heterocycles. The first-order valence-corrected chi connectivity index (χ1v) is 16.8. The van der Waals surface area contributed by atoms with E-state index in [9.17, 15) is 1.37 Å². The van der Waals surface area contributed by atoms with Crippen LogP contribution in [0.15, 0.2) is 170 Å². The lowest BCUT2D eigenvalue weighted by Crippen LogP contribution is -2.07. The zero-order valence-corrected chi connectivity index (χ0v) is 27.0. The Hall–Kier alpha value is -6.43. The maximum Gasteiger partial charge on any atom is 0.238 e.